The maximum atomic E-state index is 12.8. The normalized spacial score (nSPS) is 19.4. The van der Waals surface area contributed by atoms with Crippen LogP contribution in [0.2, 0.25) is 0 Å². The zero-order valence-electron chi connectivity index (χ0n) is 12.1. The fourth-order valence-corrected chi connectivity index (χ4v) is 4.75. The number of aliphatic hydroxyl groups excluding tert-OH is 1. The van der Waals surface area contributed by atoms with Crippen molar-refractivity contribution in [3.05, 3.63) is 22.7 Å². The lowest BCUT2D eigenvalue weighted by atomic mass is 9.93. The minimum atomic E-state index is -3.58. The Kier molecular flexibility index (Phi) is 5.29. The number of rotatable bonds is 4. The van der Waals surface area contributed by atoms with Gasteiger partial charge in [0.1, 0.15) is 10.6 Å². The molecule has 1 unspecified atom stereocenters. The predicted molar refractivity (Wildman–Crippen MR) is 83.9 cm³/mol. The standard InChI is InChI=1S/C14H20BrNO4S/c1-10(17)11-5-7-16(8-6-11)21(18,19)14-9-12(15)3-4-13(14)20-2/h3-4,9-11,17H,5-8H2,1-2H3. The molecule has 1 fully saturated rings. The maximum absolute atomic E-state index is 12.8. The van der Waals surface area contributed by atoms with Crippen molar-refractivity contribution >= 4 is 26.0 Å². The Labute approximate surface area is 134 Å². The molecule has 7 heteroatoms. The van der Waals surface area contributed by atoms with E-state index in [0.29, 0.717) is 36.2 Å². The molecular formula is C14H20BrNO4S. The fraction of sp³-hybridized carbons (Fsp3) is 0.571. The summed E-state index contributed by atoms with van der Waals surface area (Å²) in [5.74, 6) is 0.511. The molecule has 1 aliphatic rings. The van der Waals surface area contributed by atoms with E-state index < -0.39 is 16.1 Å². The minimum absolute atomic E-state index is 0.167. The fourth-order valence-electron chi connectivity index (χ4n) is 2.59. The van der Waals surface area contributed by atoms with E-state index in [-0.39, 0.29) is 10.8 Å². The molecule has 0 amide bonds. The van der Waals surface area contributed by atoms with Crippen molar-refractivity contribution in [1.82, 2.24) is 4.31 Å². The molecule has 0 spiro atoms. The Hall–Kier alpha value is -0.630. The molecule has 0 aliphatic carbocycles. The van der Waals surface area contributed by atoms with Crippen molar-refractivity contribution in [3.63, 3.8) is 0 Å². The highest BCUT2D eigenvalue weighted by molar-refractivity contribution is 9.10. The summed E-state index contributed by atoms with van der Waals surface area (Å²) in [7, 11) is -2.12. The minimum Gasteiger partial charge on any atom is -0.495 e. The molecule has 2 rings (SSSR count). The Bertz CT molecular complexity index is 595. The number of benzene rings is 1. The van der Waals surface area contributed by atoms with E-state index in [9.17, 15) is 13.5 Å². The number of aliphatic hydroxyl groups is 1. The van der Waals surface area contributed by atoms with Gasteiger partial charge in [0.15, 0.2) is 0 Å². The molecule has 1 aromatic rings. The second-order valence-corrected chi connectivity index (χ2v) is 8.10. The third kappa shape index (κ3) is 3.59. The van der Waals surface area contributed by atoms with Crippen LogP contribution in [0.15, 0.2) is 27.6 Å². The summed E-state index contributed by atoms with van der Waals surface area (Å²) >= 11 is 3.30. The molecule has 118 valence electrons. The summed E-state index contributed by atoms with van der Waals surface area (Å²) in [5, 5.41) is 9.61. The van der Waals surface area contributed by atoms with Crippen molar-refractivity contribution in [2.75, 3.05) is 20.2 Å². The lowest BCUT2D eigenvalue weighted by Gasteiger charge is -2.32. The Balaban J connectivity index is 2.25. The molecule has 1 aromatic carbocycles. The average molecular weight is 378 g/mol. The number of halogens is 1. The molecule has 5 nitrogen and oxygen atoms in total. The van der Waals surface area contributed by atoms with Gasteiger partial charge >= 0.3 is 0 Å². The highest BCUT2D eigenvalue weighted by Crippen LogP contribution is 2.32. The molecule has 0 saturated carbocycles. The summed E-state index contributed by atoms with van der Waals surface area (Å²) in [6, 6.07) is 4.95. The van der Waals surface area contributed by atoms with E-state index in [4.69, 9.17) is 4.74 Å². The van der Waals surface area contributed by atoms with Crippen LogP contribution in [0.4, 0.5) is 0 Å². The first-order valence-corrected chi connectivity index (χ1v) is 9.11. The number of sulfonamides is 1. The predicted octanol–water partition coefficient (Wildman–Crippen LogP) is 2.24. The zero-order valence-corrected chi connectivity index (χ0v) is 14.5. The smallest absolute Gasteiger partial charge is 0.246 e. The monoisotopic (exact) mass is 377 g/mol. The van der Waals surface area contributed by atoms with Crippen molar-refractivity contribution in [2.45, 2.75) is 30.8 Å². The van der Waals surface area contributed by atoms with Crippen molar-refractivity contribution in [3.8, 4) is 5.75 Å². The summed E-state index contributed by atoms with van der Waals surface area (Å²) in [5.41, 5.74) is 0. The largest absolute Gasteiger partial charge is 0.495 e. The third-order valence-electron chi connectivity index (χ3n) is 3.92. The lowest BCUT2D eigenvalue weighted by Crippen LogP contribution is -2.40. The molecule has 0 bridgehead atoms. The van der Waals surface area contributed by atoms with Crippen LogP contribution < -0.4 is 4.74 Å². The van der Waals surface area contributed by atoms with Gasteiger partial charge in [0.2, 0.25) is 10.0 Å². The van der Waals surface area contributed by atoms with E-state index in [2.05, 4.69) is 15.9 Å². The van der Waals surface area contributed by atoms with Gasteiger partial charge < -0.3 is 9.84 Å². The van der Waals surface area contributed by atoms with Crippen molar-refractivity contribution in [1.29, 1.82) is 0 Å². The molecule has 1 aliphatic heterocycles. The lowest BCUT2D eigenvalue weighted by molar-refractivity contribution is 0.0911. The quantitative estimate of drug-likeness (QED) is 0.873. The first-order valence-electron chi connectivity index (χ1n) is 6.88. The van der Waals surface area contributed by atoms with Gasteiger partial charge in [-0.1, -0.05) is 15.9 Å². The summed E-state index contributed by atoms with van der Waals surface area (Å²) in [6.45, 7) is 2.60. The van der Waals surface area contributed by atoms with E-state index in [1.54, 1.807) is 25.1 Å². The molecule has 1 saturated heterocycles. The highest BCUT2D eigenvalue weighted by atomic mass is 79.9. The molecule has 1 heterocycles. The van der Waals surface area contributed by atoms with Gasteiger partial charge in [0.25, 0.3) is 0 Å². The van der Waals surface area contributed by atoms with Gasteiger partial charge in [0, 0.05) is 17.6 Å². The first-order chi connectivity index (χ1) is 9.86. The molecule has 1 atom stereocenters. The summed E-state index contributed by atoms with van der Waals surface area (Å²) in [6.07, 6.45) is 0.954. The van der Waals surface area contributed by atoms with Crippen LogP contribution in [0, 0.1) is 5.92 Å². The molecule has 21 heavy (non-hydrogen) atoms. The Morgan fingerprint density at radius 1 is 1.38 bits per heavy atom. The Morgan fingerprint density at radius 3 is 2.52 bits per heavy atom. The maximum Gasteiger partial charge on any atom is 0.246 e. The van der Waals surface area contributed by atoms with Crippen LogP contribution in [-0.4, -0.2) is 44.1 Å². The molecular weight excluding hydrogens is 358 g/mol. The number of ether oxygens (including phenoxy) is 1. The van der Waals surface area contributed by atoms with E-state index in [0.717, 1.165) is 0 Å². The van der Waals surface area contributed by atoms with Gasteiger partial charge in [-0.3, -0.25) is 0 Å². The van der Waals surface area contributed by atoms with E-state index in [1.165, 1.54) is 11.4 Å². The number of piperidine rings is 1. The SMILES string of the molecule is COc1ccc(Br)cc1S(=O)(=O)N1CCC(C(C)O)CC1. The molecule has 0 aromatic heterocycles. The molecule has 1 N–H and O–H groups in total. The van der Waals surface area contributed by atoms with Crippen LogP contribution in [0.5, 0.6) is 5.75 Å². The van der Waals surface area contributed by atoms with Crippen molar-refractivity contribution in [2.24, 2.45) is 5.92 Å². The highest BCUT2D eigenvalue weighted by Gasteiger charge is 2.32. The van der Waals surface area contributed by atoms with E-state index >= 15 is 0 Å². The van der Waals surface area contributed by atoms with Crippen LogP contribution in [0.25, 0.3) is 0 Å². The number of nitrogens with zero attached hydrogens (tertiary/aromatic N) is 1. The van der Waals surface area contributed by atoms with Crippen LogP contribution in [0.1, 0.15) is 19.8 Å². The second-order valence-electron chi connectivity index (χ2n) is 5.28. The zero-order chi connectivity index (χ0) is 15.6. The molecule has 0 radical (unpaired) electrons. The average Bonchev–Trinajstić information content (AvgIpc) is 2.47. The van der Waals surface area contributed by atoms with Crippen LogP contribution in [0.3, 0.4) is 0 Å². The van der Waals surface area contributed by atoms with Gasteiger partial charge in [-0.25, -0.2) is 8.42 Å². The number of hydrogen-bond donors (Lipinski definition) is 1. The van der Waals surface area contributed by atoms with Gasteiger partial charge in [-0.2, -0.15) is 4.31 Å². The first kappa shape index (κ1) is 16.7. The third-order valence-corrected chi connectivity index (χ3v) is 6.34. The number of methoxy groups -OCH3 is 1. The summed E-state index contributed by atoms with van der Waals surface area (Å²) < 4.78 is 32.9. The van der Waals surface area contributed by atoms with Crippen LogP contribution >= 0.6 is 15.9 Å². The van der Waals surface area contributed by atoms with Crippen molar-refractivity contribution < 1.29 is 18.3 Å². The van der Waals surface area contributed by atoms with E-state index in [1.807, 2.05) is 0 Å². The van der Waals surface area contributed by atoms with Gasteiger partial charge in [0.05, 0.1) is 13.2 Å². The topological polar surface area (TPSA) is 66.8 Å². The van der Waals surface area contributed by atoms with Gasteiger partial charge in [-0.15, -0.1) is 0 Å². The van der Waals surface area contributed by atoms with Gasteiger partial charge in [-0.05, 0) is 43.9 Å². The van der Waals surface area contributed by atoms with Crippen LogP contribution in [-0.2, 0) is 10.0 Å². The Morgan fingerprint density at radius 2 is 2.00 bits per heavy atom. The summed E-state index contributed by atoms with van der Waals surface area (Å²) in [4.78, 5) is 0.176. The number of hydrogen-bond acceptors (Lipinski definition) is 4. The second kappa shape index (κ2) is 6.64.